The highest BCUT2D eigenvalue weighted by Gasteiger charge is 2.30. The molecule has 2 atom stereocenters. The summed E-state index contributed by atoms with van der Waals surface area (Å²) in [6.45, 7) is 0.748. The highest BCUT2D eigenvalue weighted by molar-refractivity contribution is 5.97. The Bertz CT molecular complexity index is 661. The SMILES string of the molecule is O=C(c1ccc2nccnc2c1)N1CC[C@H](O)[C@H](CO)C1. The standard InChI is InChI=1S/C15H17N3O3/c19-9-11-8-18(6-3-14(11)20)15(21)10-1-2-12-13(7-10)17-5-4-16-12/h1-2,4-5,7,11,14,19-20H,3,6,8-9H2/t11-,14-/m0/s1. The average molecular weight is 287 g/mol. The highest BCUT2D eigenvalue weighted by Crippen LogP contribution is 2.20. The van der Waals surface area contributed by atoms with Gasteiger partial charge < -0.3 is 15.1 Å². The van der Waals surface area contributed by atoms with Crippen LogP contribution in [0.25, 0.3) is 11.0 Å². The van der Waals surface area contributed by atoms with Crippen LogP contribution < -0.4 is 0 Å². The topological polar surface area (TPSA) is 86.6 Å². The third-order valence-electron chi connectivity index (χ3n) is 3.93. The molecule has 1 aromatic heterocycles. The number of hydrogen-bond acceptors (Lipinski definition) is 5. The second-order valence-electron chi connectivity index (χ2n) is 5.31. The minimum atomic E-state index is -0.540. The van der Waals surface area contributed by atoms with Gasteiger partial charge in [0, 0.05) is 37.0 Å². The predicted octanol–water partition coefficient (Wildman–Crippen LogP) is 0.445. The predicted molar refractivity (Wildman–Crippen MR) is 76.6 cm³/mol. The van der Waals surface area contributed by atoms with Crippen LogP contribution in [0.3, 0.4) is 0 Å². The molecule has 1 saturated heterocycles. The van der Waals surface area contributed by atoms with Crippen molar-refractivity contribution in [2.75, 3.05) is 19.7 Å². The number of aliphatic hydroxyl groups is 2. The van der Waals surface area contributed by atoms with E-state index in [1.165, 1.54) is 0 Å². The van der Waals surface area contributed by atoms with Gasteiger partial charge in [-0.05, 0) is 24.6 Å². The minimum absolute atomic E-state index is 0.104. The Morgan fingerprint density at radius 1 is 1.29 bits per heavy atom. The molecule has 0 bridgehead atoms. The molecule has 2 heterocycles. The monoisotopic (exact) mass is 287 g/mol. The highest BCUT2D eigenvalue weighted by atomic mass is 16.3. The second kappa shape index (κ2) is 5.75. The van der Waals surface area contributed by atoms with Crippen molar-refractivity contribution in [2.24, 2.45) is 5.92 Å². The lowest BCUT2D eigenvalue weighted by atomic mass is 9.95. The first kappa shape index (κ1) is 13.9. The quantitative estimate of drug-likeness (QED) is 0.837. The number of carbonyl (C=O) groups excluding carboxylic acids is 1. The first-order valence-corrected chi connectivity index (χ1v) is 6.98. The van der Waals surface area contributed by atoms with Gasteiger partial charge >= 0.3 is 0 Å². The zero-order valence-corrected chi connectivity index (χ0v) is 11.5. The van der Waals surface area contributed by atoms with Crippen molar-refractivity contribution in [2.45, 2.75) is 12.5 Å². The van der Waals surface area contributed by atoms with Crippen LogP contribution in [0.1, 0.15) is 16.8 Å². The summed E-state index contributed by atoms with van der Waals surface area (Å²) >= 11 is 0. The summed E-state index contributed by atoms with van der Waals surface area (Å²) in [6.07, 6.45) is 3.16. The fourth-order valence-corrected chi connectivity index (χ4v) is 2.66. The summed E-state index contributed by atoms with van der Waals surface area (Å²) in [5.74, 6) is -0.379. The molecule has 6 nitrogen and oxygen atoms in total. The first-order valence-electron chi connectivity index (χ1n) is 6.98. The van der Waals surface area contributed by atoms with Crippen LogP contribution in [0.4, 0.5) is 0 Å². The molecule has 0 aliphatic carbocycles. The molecule has 0 saturated carbocycles. The average Bonchev–Trinajstić information content (AvgIpc) is 2.54. The number of amides is 1. The molecule has 1 aliphatic rings. The Morgan fingerprint density at radius 2 is 2.05 bits per heavy atom. The van der Waals surface area contributed by atoms with Gasteiger partial charge in [0.15, 0.2) is 0 Å². The van der Waals surface area contributed by atoms with E-state index in [0.717, 1.165) is 5.52 Å². The molecule has 2 aromatic rings. The Labute approximate surface area is 122 Å². The van der Waals surface area contributed by atoms with Crippen molar-refractivity contribution in [3.8, 4) is 0 Å². The van der Waals surface area contributed by atoms with Gasteiger partial charge in [-0.15, -0.1) is 0 Å². The number of fused-ring (bicyclic) bond motifs is 1. The summed E-state index contributed by atoms with van der Waals surface area (Å²) in [4.78, 5) is 22.6. The molecule has 0 unspecified atom stereocenters. The number of rotatable bonds is 2. The van der Waals surface area contributed by atoms with E-state index < -0.39 is 6.10 Å². The molecule has 3 rings (SSSR count). The van der Waals surface area contributed by atoms with Crippen molar-refractivity contribution < 1.29 is 15.0 Å². The number of aliphatic hydroxyl groups excluding tert-OH is 2. The zero-order chi connectivity index (χ0) is 14.8. The van der Waals surface area contributed by atoms with Crippen molar-refractivity contribution in [1.29, 1.82) is 0 Å². The Balaban J connectivity index is 1.83. The summed E-state index contributed by atoms with van der Waals surface area (Å²) in [5, 5.41) is 19.0. The maximum atomic E-state index is 12.5. The molecule has 110 valence electrons. The van der Waals surface area contributed by atoms with E-state index >= 15 is 0 Å². The van der Waals surface area contributed by atoms with E-state index in [9.17, 15) is 15.0 Å². The molecule has 0 radical (unpaired) electrons. The van der Waals surface area contributed by atoms with Crippen molar-refractivity contribution in [3.05, 3.63) is 36.2 Å². The molecule has 21 heavy (non-hydrogen) atoms. The van der Waals surface area contributed by atoms with Gasteiger partial charge in [-0.3, -0.25) is 14.8 Å². The second-order valence-corrected chi connectivity index (χ2v) is 5.31. The van der Waals surface area contributed by atoms with E-state index in [2.05, 4.69) is 9.97 Å². The van der Waals surface area contributed by atoms with Gasteiger partial charge in [0.2, 0.25) is 0 Å². The maximum Gasteiger partial charge on any atom is 0.253 e. The zero-order valence-electron chi connectivity index (χ0n) is 11.5. The van der Waals surface area contributed by atoms with Crippen molar-refractivity contribution in [1.82, 2.24) is 14.9 Å². The van der Waals surface area contributed by atoms with Crippen LogP contribution in [0, 0.1) is 5.92 Å². The normalized spacial score (nSPS) is 22.5. The molecule has 0 spiro atoms. The molecular formula is C15H17N3O3. The smallest absolute Gasteiger partial charge is 0.253 e. The first-order chi connectivity index (χ1) is 10.2. The fourth-order valence-electron chi connectivity index (χ4n) is 2.66. The number of likely N-dealkylation sites (tertiary alicyclic amines) is 1. The van der Waals surface area contributed by atoms with E-state index in [1.807, 2.05) is 0 Å². The molecule has 1 amide bonds. The lowest BCUT2D eigenvalue weighted by molar-refractivity contribution is 0.00345. The molecular weight excluding hydrogens is 270 g/mol. The number of carbonyl (C=O) groups is 1. The number of nitrogens with zero attached hydrogens (tertiary/aromatic N) is 3. The van der Waals surface area contributed by atoms with E-state index in [4.69, 9.17) is 0 Å². The summed E-state index contributed by atoms with van der Waals surface area (Å²) < 4.78 is 0. The van der Waals surface area contributed by atoms with Crippen LogP contribution in [0.15, 0.2) is 30.6 Å². The van der Waals surface area contributed by atoms with Crippen molar-refractivity contribution >= 4 is 16.9 Å². The largest absolute Gasteiger partial charge is 0.396 e. The lowest BCUT2D eigenvalue weighted by Gasteiger charge is -2.35. The van der Waals surface area contributed by atoms with Crippen LogP contribution in [0.5, 0.6) is 0 Å². The lowest BCUT2D eigenvalue weighted by Crippen LogP contribution is -2.47. The number of piperidine rings is 1. The Hall–Kier alpha value is -2.05. The summed E-state index contributed by atoms with van der Waals surface area (Å²) in [7, 11) is 0. The van der Waals surface area contributed by atoms with Gasteiger partial charge in [-0.2, -0.15) is 0 Å². The van der Waals surface area contributed by atoms with Gasteiger partial charge in [0.05, 0.1) is 23.7 Å². The van der Waals surface area contributed by atoms with Crippen LogP contribution >= 0.6 is 0 Å². The van der Waals surface area contributed by atoms with Crippen LogP contribution in [-0.2, 0) is 0 Å². The van der Waals surface area contributed by atoms with Gasteiger partial charge in [0.25, 0.3) is 5.91 Å². The number of benzene rings is 1. The van der Waals surface area contributed by atoms with Crippen LogP contribution in [0.2, 0.25) is 0 Å². The Kier molecular flexibility index (Phi) is 3.81. The van der Waals surface area contributed by atoms with Gasteiger partial charge in [-0.25, -0.2) is 0 Å². The molecule has 1 aromatic carbocycles. The van der Waals surface area contributed by atoms with E-state index in [1.54, 1.807) is 35.5 Å². The van der Waals surface area contributed by atoms with E-state index in [-0.39, 0.29) is 18.4 Å². The molecule has 1 aliphatic heterocycles. The molecule has 6 heteroatoms. The van der Waals surface area contributed by atoms with Gasteiger partial charge in [0.1, 0.15) is 0 Å². The maximum absolute atomic E-state index is 12.5. The van der Waals surface area contributed by atoms with Gasteiger partial charge in [-0.1, -0.05) is 0 Å². The third-order valence-corrected chi connectivity index (χ3v) is 3.93. The molecule has 2 N–H and O–H groups in total. The third kappa shape index (κ3) is 2.72. The molecule has 1 fully saturated rings. The number of aromatic nitrogens is 2. The van der Waals surface area contributed by atoms with E-state index in [0.29, 0.717) is 30.6 Å². The van der Waals surface area contributed by atoms with Crippen LogP contribution in [-0.4, -0.2) is 56.8 Å². The summed E-state index contributed by atoms with van der Waals surface area (Å²) in [5.41, 5.74) is 1.98. The van der Waals surface area contributed by atoms with Crippen molar-refractivity contribution in [3.63, 3.8) is 0 Å². The minimum Gasteiger partial charge on any atom is -0.396 e. The number of hydrogen-bond donors (Lipinski definition) is 2. The Morgan fingerprint density at radius 3 is 2.81 bits per heavy atom. The summed E-state index contributed by atoms with van der Waals surface area (Å²) in [6, 6.07) is 5.24. The fraction of sp³-hybridized carbons (Fsp3) is 0.400.